The minimum atomic E-state index is 0.640. The van der Waals surface area contributed by atoms with Crippen LogP contribution in [0.25, 0.3) is 0 Å². The van der Waals surface area contributed by atoms with Crippen LogP contribution in [0.1, 0.15) is 19.3 Å². The van der Waals surface area contributed by atoms with Crippen molar-refractivity contribution in [2.75, 3.05) is 35.7 Å². The second-order valence-corrected chi connectivity index (χ2v) is 5.21. The Hall–Kier alpha value is -2.30. The molecule has 1 fully saturated rings. The standard InChI is InChI=1S/C16H21N5/c1-17-13-7-3-4-8-14(13)19-16-18-10-9-15(20-16)21-11-5-2-6-12-21/h3-4,7-10,17H,2,5-6,11-12H2,1H3,(H,18,19,20). The maximum atomic E-state index is 4.64. The van der Waals surface area contributed by atoms with Crippen molar-refractivity contribution >= 4 is 23.1 Å². The first-order valence-corrected chi connectivity index (χ1v) is 7.48. The van der Waals surface area contributed by atoms with E-state index >= 15 is 0 Å². The number of anilines is 4. The van der Waals surface area contributed by atoms with Gasteiger partial charge in [0, 0.05) is 26.3 Å². The summed E-state index contributed by atoms with van der Waals surface area (Å²) in [6.07, 6.45) is 5.63. The summed E-state index contributed by atoms with van der Waals surface area (Å²) in [6, 6.07) is 10.0. The highest BCUT2D eigenvalue weighted by atomic mass is 15.2. The van der Waals surface area contributed by atoms with Gasteiger partial charge in [-0.05, 0) is 37.5 Å². The average Bonchev–Trinajstić information content (AvgIpc) is 2.56. The van der Waals surface area contributed by atoms with E-state index in [9.17, 15) is 0 Å². The second-order valence-electron chi connectivity index (χ2n) is 5.21. The van der Waals surface area contributed by atoms with Crippen LogP contribution in [0.5, 0.6) is 0 Å². The molecule has 3 rings (SSSR count). The van der Waals surface area contributed by atoms with E-state index in [-0.39, 0.29) is 0 Å². The number of nitrogens with zero attached hydrogens (tertiary/aromatic N) is 3. The summed E-state index contributed by atoms with van der Waals surface area (Å²) in [5, 5.41) is 6.46. The molecule has 2 N–H and O–H groups in total. The molecule has 0 aliphatic carbocycles. The summed E-state index contributed by atoms with van der Waals surface area (Å²) >= 11 is 0. The summed E-state index contributed by atoms with van der Waals surface area (Å²) in [5.41, 5.74) is 2.01. The Bertz CT molecular complexity index is 593. The van der Waals surface area contributed by atoms with Crippen molar-refractivity contribution in [2.45, 2.75) is 19.3 Å². The molecule has 0 spiro atoms. The Morgan fingerprint density at radius 2 is 1.76 bits per heavy atom. The van der Waals surface area contributed by atoms with Crippen molar-refractivity contribution < 1.29 is 0 Å². The van der Waals surface area contributed by atoms with Gasteiger partial charge in [-0.1, -0.05) is 12.1 Å². The van der Waals surface area contributed by atoms with Gasteiger partial charge in [0.1, 0.15) is 5.82 Å². The highest BCUT2D eigenvalue weighted by Crippen LogP contribution is 2.24. The van der Waals surface area contributed by atoms with Crippen molar-refractivity contribution in [3.63, 3.8) is 0 Å². The van der Waals surface area contributed by atoms with Crippen molar-refractivity contribution in [1.82, 2.24) is 9.97 Å². The van der Waals surface area contributed by atoms with Gasteiger partial charge in [0.15, 0.2) is 0 Å². The normalized spacial score (nSPS) is 14.8. The molecule has 0 atom stereocenters. The lowest BCUT2D eigenvalue weighted by molar-refractivity contribution is 0.573. The van der Waals surface area contributed by atoms with E-state index in [1.54, 1.807) is 0 Å². The topological polar surface area (TPSA) is 53.1 Å². The first kappa shape index (κ1) is 13.7. The molecule has 0 bridgehead atoms. The average molecular weight is 283 g/mol. The molecule has 1 aromatic carbocycles. The van der Waals surface area contributed by atoms with Gasteiger partial charge in [-0.2, -0.15) is 4.98 Å². The minimum Gasteiger partial charge on any atom is -0.386 e. The van der Waals surface area contributed by atoms with Crippen LogP contribution in [0.2, 0.25) is 0 Å². The van der Waals surface area contributed by atoms with Crippen molar-refractivity contribution in [2.24, 2.45) is 0 Å². The zero-order valence-electron chi connectivity index (χ0n) is 12.3. The lowest BCUT2D eigenvalue weighted by Gasteiger charge is -2.27. The van der Waals surface area contributed by atoms with E-state index < -0.39 is 0 Å². The molecule has 2 aromatic rings. The van der Waals surface area contributed by atoms with Crippen LogP contribution in [0.4, 0.5) is 23.1 Å². The molecule has 1 aromatic heterocycles. The fraction of sp³-hybridized carbons (Fsp3) is 0.375. The Kier molecular flexibility index (Phi) is 4.19. The third kappa shape index (κ3) is 3.24. The maximum absolute atomic E-state index is 4.64. The Morgan fingerprint density at radius 3 is 2.52 bits per heavy atom. The number of hydrogen-bond donors (Lipinski definition) is 2. The molecule has 21 heavy (non-hydrogen) atoms. The molecule has 1 saturated heterocycles. The molecule has 0 unspecified atom stereocenters. The third-order valence-corrected chi connectivity index (χ3v) is 3.76. The Morgan fingerprint density at radius 1 is 1.00 bits per heavy atom. The predicted octanol–water partition coefficient (Wildman–Crippen LogP) is 3.25. The van der Waals surface area contributed by atoms with E-state index in [4.69, 9.17) is 0 Å². The number of hydrogen-bond acceptors (Lipinski definition) is 5. The van der Waals surface area contributed by atoms with E-state index in [1.807, 2.05) is 43.6 Å². The molecule has 2 heterocycles. The largest absolute Gasteiger partial charge is 0.386 e. The van der Waals surface area contributed by atoms with Gasteiger partial charge in [0.2, 0.25) is 5.95 Å². The van der Waals surface area contributed by atoms with Crippen molar-refractivity contribution in [1.29, 1.82) is 0 Å². The third-order valence-electron chi connectivity index (χ3n) is 3.76. The highest BCUT2D eigenvalue weighted by molar-refractivity contribution is 5.72. The molecule has 5 heteroatoms. The van der Waals surface area contributed by atoms with E-state index in [0.29, 0.717) is 5.95 Å². The Balaban J connectivity index is 1.79. The van der Waals surface area contributed by atoms with E-state index in [2.05, 4.69) is 25.5 Å². The van der Waals surface area contributed by atoms with Crippen LogP contribution in [-0.4, -0.2) is 30.1 Å². The van der Waals surface area contributed by atoms with Gasteiger partial charge in [0.05, 0.1) is 11.4 Å². The van der Waals surface area contributed by atoms with Gasteiger partial charge >= 0.3 is 0 Å². The first-order valence-electron chi connectivity index (χ1n) is 7.48. The van der Waals surface area contributed by atoms with Gasteiger partial charge in [-0.15, -0.1) is 0 Å². The summed E-state index contributed by atoms with van der Waals surface area (Å²) in [7, 11) is 1.91. The zero-order chi connectivity index (χ0) is 14.5. The molecular weight excluding hydrogens is 262 g/mol. The SMILES string of the molecule is CNc1ccccc1Nc1nccc(N2CCCCC2)n1. The summed E-state index contributed by atoms with van der Waals surface area (Å²) in [5.74, 6) is 1.65. The molecular formula is C16H21N5. The summed E-state index contributed by atoms with van der Waals surface area (Å²) in [4.78, 5) is 11.3. The minimum absolute atomic E-state index is 0.640. The number of aromatic nitrogens is 2. The molecule has 0 radical (unpaired) electrons. The van der Waals surface area contributed by atoms with Crippen LogP contribution < -0.4 is 15.5 Å². The summed E-state index contributed by atoms with van der Waals surface area (Å²) in [6.45, 7) is 2.17. The molecule has 1 aliphatic heterocycles. The monoisotopic (exact) mass is 283 g/mol. The number of benzene rings is 1. The molecule has 0 saturated carbocycles. The number of para-hydroxylation sites is 2. The van der Waals surface area contributed by atoms with Gasteiger partial charge in [-0.25, -0.2) is 4.98 Å². The fourth-order valence-corrected chi connectivity index (χ4v) is 2.64. The molecule has 1 aliphatic rings. The maximum Gasteiger partial charge on any atom is 0.229 e. The van der Waals surface area contributed by atoms with Crippen molar-refractivity contribution in [3.05, 3.63) is 36.5 Å². The summed E-state index contributed by atoms with van der Waals surface area (Å²) < 4.78 is 0. The number of rotatable bonds is 4. The predicted molar refractivity (Wildman–Crippen MR) is 87.4 cm³/mol. The lowest BCUT2D eigenvalue weighted by atomic mass is 10.1. The second kappa shape index (κ2) is 6.43. The van der Waals surface area contributed by atoms with E-state index in [0.717, 1.165) is 30.3 Å². The quantitative estimate of drug-likeness (QED) is 0.902. The number of piperidine rings is 1. The van der Waals surface area contributed by atoms with Crippen LogP contribution in [0.15, 0.2) is 36.5 Å². The number of nitrogens with one attached hydrogen (secondary N) is 2. The lowest BCUT2D eigenvalue weighted by Crippen LogP contribution is -2.30. The van der Waals surface area contributed by atoms with Gasteiger partial charge in [-0.3, -0.25) is 0 Å². The molecule has 5 nitrogen and oxygen atoms in total. The fourth-order valence-electron chi connectivity index (χ4n) is 2.64. The van der Waals surface area contributed by atoms with Crippen LogP contribution in [0.3, 0.4) is 0 Å². The smallest absolute Gasteiger partial charge is 0.229 e. The molecule has 110 valence electrons. The van der Waals surface area contributed by atoms with Crippen LogP contribution >= 0.6 is 0 Å². The molecule has 0 amide bonds. The van der Waals surface area contributed by atoms with Crippen LogP contribution in [-0.2, 0) is 0 Å². The Labute approximate surface area is 125 Å². The van der Waals surface area contributed by atoms with Crippen molar-refractivity contribution in [3.8, 4) is 0 Å². The zero-order valence-corrected chi connectivity index (χ0v) is 12.3. The first-order chi connectivity index (χ1) is 10.4. The van der Waals surface area contributed by atoms with Gasteiger partial charge in [0.25, 0.3) is 0 Å². The van der Waals surface area contributed by atoms with E-state index in [1.165, 1.54) is 19.3 Å². The highest BCUT2D eigenvalue weighted by Gasteiger charge is 2.13. The van der Waals surface area contributed by atoms with Crippen LogP contribution in [0, 0.1) is 0 Å². The van der Waals surface area contributed by atoms with Gasteiger partial charge < -0.3 is 15.5 Å².